The van der Waals surface area contributed by atoms with Crippen LogP contribution < -0.4 is 14.8 Å². The lowest BCUT2D eigenvalue weighted by Gasteiger charge is -2.17. The molecule has 2 heterocycles. The van der Waals surface area contributed by atoms with E-state index in [0.717, 1.165) is 11.3 Å². The van der Waals surface area contributed by atoms with Crippen LogP contribution in [-0.4, -0.2) is 22.3 Å². The second kappa shape index (κ2) is 9.92. The number of ether oxygens (including phenoxy) is 2. The number of amides is 1. The Morgan fingerprint density at radius 1 is 1.16 bits per heavy atom. The summed E-state index contributed by atoms with van der Waals surface area (Å²) in [6.45, 7) is 0.231. The van der Waals surface area contributed by atoms with Crippen molar-refractivity contribution in [3.8, 4) is 22.6 Å². The molecular formula is C23H16Cl2N2O3S2. The number of rotatable bonds is 6. The summed E-state index contributed by atoms with van der Waals surface area (Å²) in [6, 6.07) is 14.5. The maximum atomic E-state index is 12.1. The highest BCUT2D eigenvalue weighted by atomic mass is 35.5. The maximum Gasteiger partial charge on any atom is 0.263 e. The van der Waals surface area contributed by atoms with Gasteiger partial charge in [-0.15, -0.1) is 0 Å². The summed E-state index contributed by atoms with van der Waals surface area (Å²) >= 11 is 19.1. The highest BCUT2D eigenvalue weighted by molar-refractivity contribution is 8.26. The summed E-state index contributed by atoms with van der Waals surface area (Å²) in [5, 5.41) is 3.64. The number of thioether (sulfide) groups is 1. The van der Waals surface area contributed by atoms with Crippen LogP contribution in [0.15, 0.2) is 59.6 Å². The van der Waals surface area contributed by atoms with Gasteiger partial charge in [0.2, 0.25) is 0 Å². The number of benzene rings is 2. The zero-order valence-corrected chi connectivity index (χ0v) is 19.9. The Morgan fingerprint density at radius 3 is 2.69 bits per heavy atom. The van der Waals surface area contributed by atoms with Crippen LogP contribution in [0.1, 0.15) is 11.3 Å². The van der Waals surface area contributed by atoms with Gasteiger partial charge >= 0.3 is 0 Å². The van der Waals surface area contributed by atoms with Crippen molar-refractivity contribution in [3.05, 3.63) is 80.9 Å². The van der Waals surface area contributed by atoms with Crippen molar-refractivity contribution in [2.75, 3.05) is 7.11 Å². The minimum atomic E-state index is -0.239. The normalized spacial score (nSPS) is 14.5. The third kappa shape index (κ3) is 5.07. The fourth-order valence-electron chi connectivity index (χ4n) is 3.11. The molecule has 162 valence electrons. The predicted molar refractivity (Wildman–Crippen MR) is 133 cm³/mol. The molecular weight excluding hydrogens is 487 g/mol. The van der Waals surface area contributed by atoms with E-state index in [2.05, 4.69) is 10.3 Å². The van der Waals surface area contributed by atoms with Crippen LogP contribution >= 0.6 is 47.2 Å². The molecule has 0 spiro atoms. The van der Waals surface area contributed by atoms with Crippen molar-refractivity contribution < 1.29 is 14.3 Å². The van der Waals surface area contributed by atoms with Crippen molar-refractivity contribution in [3.63, 3.8) is 0 Å². The summed E-state index contributed by atoms with van der Waals surface area (Å²) < 4.78 is 12.2. The van der Waals surface area contributed by atoms with Crippen molar-refractivity contribution in [1.82, 2.24) is 10.3 Å². The molecule has 0 atom stereocenters. The Balaban J connectivity index is 1.84. The SMILES string of the molecule is COc1cc(C=C2SC(=S)NC2=O)cc(-c2cc(Cl)ccc2Cl)c1OCc1ccccn1. The van der Waals surface area contributed by atoms with Crippen molar-refractivity contribution >= 4 is 63.5 Å². The molecule has 0 bridgehead atoms. The quantitative estimate of drug-likeness (QED) is 0.323. The Labute approximate surface area is 204 Å². The van der Waals surface area contributed by atoms with Crippen LogP contribution in [0.2, 0.25) is 10.0 Å². The molecule has 0 unspecified atom stereocenters. The van der Waals surface area contributed by atoms with E-state index in [0.29, 0.717) is 41.9 Å². The third-order valence-corrected chi connectivity index (χ3v) is 6.27. The number of nitrogens with zero attached hydrogens (tertiary/aromatic N) is 1. The molecule has 1 aliphatic rings. The van der Waals surface area contributed by atoms with Crippen LogP contribution in [-0.2, 0) is 11.4 Å². The van der Waals surface area contributed by atoms with E-state index < -0.39 is 0 Å². The Morgan fingerprint density at radius 2 is 2.00 bits per heavy atom. The van der Waals surface area contributed by atoms with Gasteiger partial charge in [-0.25, -0.2) is 0 Å². The number of nitrogens with one attached hydrogen (secondary N) is 1. The monoisotopic (exact) mass is 502 g/mol. The molecule has 2 aromatic carbocycles. The number of methoxy groups -OCH3 is 1. The Bertz CT molecular complexity index is 1230. The maximum absolute atomic E-state index is 12.1. The average molecular weight is 503 g/mol. The van der Waals surface area contributed by atoms with E-state index in [1.165, 1.54) is 11.8 Å². The first kappa shape index (κ1) is 22.6. The summed E-state index contributed by atoms with van der Waals surface area (Å²) in [4.78, 5) is 16.9. The highest BCUT2D eigenvalue weighted by Crippen LogP contribution is 2.44. The number of halogens is 2. The van der Waals surface area contributed by atoms with Gasteiger partial charge in [0.15, 0.2) is 11.5 Å². The van der Waals surface area contributed by atoms with Gasteiger partial charge in [-0.05, 0) is 54.1 Å². The highest BCUT2D eigenvalue weighted by Gasteiger charge is 2.23. The molecule has 1 saturated heterocycles. The molecule has 1 aromatic heterocycles. The fourth-order valence-corrected chi connectivity index (χ4v) is 4.55. The molecule has 5 nitrogen and oxygen atoms in total. The minimum Gasteiger partial charge on any atom is -0.493 e. The van der Waals surface area contributed by atoms with E-state index in [4.69, 9.17) is 44.9 Å². The number of pyridine rings is 1. The lowest BCUT2D eigenvalue weighted by molar-refractivity contribution is -0.115. The molecule has 0 saturated carbocycles. The molecule has 3 aromatic rings. The molecule has 1 fully saturated rings. The number of hydrogen-bond acceptors (Lipinski definition) is 6. The third-order valence-electron chi connectivity index (χ3n) is 4.55. The van der Waals surface area contributed by atoms with E-state index in [-0.39, 0.29) is 12.5 Å². The van der Waals surface area contributed by atoms with Crippen LogP contribution in [0.25, 0.3) is 17.2 Å². The van der Waals surface area contributed by atoms with Gasteiger partial charge in [-0.2, -0.15) is 0 Å². The van der Waals surface area contributed by atoms with Crippen molar-refractivity contribution in [2.45, 2.75) is 6.61 Å². The first-order valence-electron chi connectivity index (χ1n) is 9.39. The zero-order chi connectivity index (χ0) is 22.7. The molecule has 0 aliphatic carbocycles. The molecule has 32 heavy (non-hydrogen) atoms. The average Bonchev–Trinajstić information content (AvgIpc) is 3.11. The van der Waals surface area contributed by atoms with Gasteiger partial charge in [-0.3, -0.25) is 9.78 Å². The largest absolute Gasteiger partial charge is 0.493 e. The standard InChI is InChI=1S/C23H16Cl2N2O3S2/c1-29-19-9-13(10-20-22(28)27-23(31)32-20)8-17(16-11-14(24)5-6-18(16)25)21(19)30-12-15-4-2-3-7-26-15/h2-11H,12H2,1H3,(H,27,28,31). The number of carbonyl (C=O) groups excluding carboxylic acids is 1. The van der Waals surface area contributed by atoms with Crippen LogP contribution in [0.5, 0.6) is 11.5 Å². The number of carbonyl (C=O) groups is 1. The topological polar surface area (TPSA) is 60.5 Å². The summed E-state index contributed by atoms with van der Waals surface area (Å²) in [5.74, 6) is 0.729. The predicted octanol–water partition coefficient (Wildman–Crippen LogP) is 6.13. The molecule has 1 aliphatic heterocycles. The van der Waals surface area contributed by atoms with Crippen molar-refractivity contribution in [2.24, 2.45) is 0 Å². The van der Waals surface area contributed by atoms with Gasteiger partial charge < -0.3 is 14.8 Å². The zero-order valence-electron chi connectivity index (χ0n) is 16.7. The van der Waals surface area contributed by atoms with E-state index in [1.54, 1.807) is 43.6 Å². The molecule has 0 radical (unpaired) electrons. The van der Waals surface area contributed by atoms with Gasteiger partial charge in [0.05, 0.1) is 17.7 Å². The van der Waals surface area contributed by atoms with Crippen LogP contribution in [0, 0.1) is 0 Å². The number of thiocarbonyl (C=S) groups is 1. The minimum absolute atomic E-state index is 0.231. The van der Waals surface area contributed by atoms with Crippen LogP contribution in [0.4, 0.5) is 0 Å². The Kier molecular flexibility index (Phi) is 7.01. The summed E-state index contributed by atoms with van der Waals surface area (Å²) in [6.07, 6.45) is 3.45. The summed E-state index contributed by atoms with van der Waals surface area (Å²) in [5.41, 5.74) is 2.83. The van der Waals surface area contributed by atoms with Gasteiger partial charge in [0.25, 0.3) is 5.91 Å². The Hall–Kier alpha value is -2.58. The van der Waals surface area contributed by atoms with Crippen molar-refractivity contribution in [1.29, 1.82) is 0 Å². The van der Waals surface area contributed by atoms with Gasteiger partial charge in [-0.1, -0.05) is 53.2 Å². The molecule has 1 amide bonds. The van der Waals surface area contributed by atoms with E-state index in [9.17, 15) is 4.79 Å². The van der Waals surface area contributed by atoms with E-state index >= 15 is 0 Å². The fraction of sp³-hybridized carbons (Fsp3) is 0.0870. The molecule has 4 rings (SSSR count). The molecule has 1 N–H and O–H groups in total. The summed E-state index contributed by atoms with van der Waals surface area (Å²) in [7, 11) is 1.55. The number of aromatic nitrogens is 1. The second-order valence-electron chi connectivity index (χ2n) is 6.69. The lowest BCUT2D eigenvalue weighted by Crippen LogP contribution is -2.17. The first-order chi connectivity index (χ1) is 15.4. The first-order valence-corrected chi connectivity index (χ1v) is 11.4. The lowest BCUT2D eigenvalue weighted by atomic mass is 10.0. The van der Waals surface area contributed by atoms with Gasteiger partial charge in [0, 0.05) is 27.4 Å². The van der Waals surface area contributed by atoms with Crippen LogP contribution in [0.3, 0.4) is 0 Å². The smallest absolute Gasteiger partial charge is 0.263 e. The van der Waals surface area contributed by atoms with E-state index in [1.807, 2.05) is 24.3 Å². The molecule has 9 heteroatoms. The second-order valence-corrected chi connectivity index (χ2v) is 9.25. The van der Waals surface area contributed by atoms with Gasteiger partial charge in [0.1, 0.15) is 10.9 Å². The number of hydrogen-bond donors (Lipinski definition) is 1.